The highest BCUT2D eigenvalue weighted by Gasteiger charge is 2.24. The summed E-state index contributed by atoms with van der Waals surface area (Å²) in [5, 5.41) is 21.9. The van der Waals surface area contributed by atoms with Crippen LogP contribution in [0, 0.1) is 13.8 Å². The van der Waals surface area contributed by atoms with Gasteiger partial charge in [-0.25, -0.2) is 0 Å². The van der Waals surface area contributed by atoms with Crippen LogP contribution in [0.1, 0.15) is 96.6 Å². The molecule has 2 aliphatic carbocycles. The second-order valence-electron chi connectivity index (χ2n) is 9.19. The second kappa shape index (κ2) is 8.19. The Kier molecular flexibility index (Phi) is 5.66. The lowest BCUT2D eigenvalue weighted by molar-refractivity contribution is 0.448. The van der Waals surface area contributed by atoms with Crippen LogP contribution < -0.4 is 0 Å². The van der Waals surface area contributed by atoms with Crippen LogP contribution in [0.4, 0.5) is 0 Å². The summed E-state index contributed by atoms with van der Waals surface area (Å²) in [6, 6.07) is 8.60. The van der Waals surface area contributed by atoms with E-state index in [-0.39, 0.29) is 0 Å². The molecule has 2 aliphatic rings. The van der Waals surface area contributed by atoms with E-state index in [2.05, 4.69) is 38.1 Å². The number of rotatable bonds is 5. The van der Waals surface area contributed by atoms with E-state index in [1.54, 1.807) is 0 Å². The molecule has 0 aliphatic heterocycles. The van der Waals surface area contributed by atoms with E-state index >= 15 is 0 Å². The van der Waals surface area contributed by atoms with Gasteiger partial charge in [0, 0.05) is 0 Å². The first kappa shape index (κ1) is 19.4. The standard InChI is InChI=1S/C26H34O2/c1-17-13-21(25(27)23(15-17)19-7-3-4-8-19)11-12-22-14-18(2)16-24(26(22)28)20-9-5-6-10-20/h13-16,19-20,27-28H,3-12H2,1-2H3. The smallest absolute Gasteiger partial charge is 0.122 e. The Bertz CT molecular complexity index is 768. The van der Waals surface area contributed by atoms with Gasteiger partial charge in [-0.3, -0.25) is 0 Å². The molecule has 2 aromatic rings. The van der Waals surface area contributed by atoms with Gasteiger partial charge < -0.3 is 10.2 Å². The van der Waals surface area contributed by atoms with Crippen LogP contribution in [0.25, 0.3) is 0 Å². The van der Waals surface area contributed by atoms with Crippen molar-refractivity contribution in [1.29, 1.82) is 0 Å². The van der Waals surface area contributed by atoms with E-state index in [0.29, 0.717) is 23.3 Å². The fraction of sp³-hybridized carbons (Fsp3) is 0.538. The van der Waals surface area contributed by atoms with Gasteiger partial charge in [-0.15, -0.1) is 0 Å². The molecule has 0 aromatic heterocycles. The molecule has 0 spiro atoms. The van der Waals surface area contributed by atoms with Crippen LogP contribution in [0.3, 0.4) is 0 Å². The number of hydrogen-bond acceptors (Lipinski definition) is 2. The molecule has 0 saturated heterocycles. The molecule has 0 amide bonds. The maximum atomic E-state index is 10.9. The first-order valence-electron chi connectivity index (χ1n) is 11.2. The Morgan fingerprint density at radius 2 is 1.00 bits per heavy atom. The Morgan fingerprint density at radius 1 is 0.643 bits per heavy atom. The minimum Gasteiger partial charge on any atom is -0.507 e. The zero-order valence-corrected chi connectivity index (χ0v) is 17.4. The Morgan fingerprint density at radius 3 is 1.36 bits per heavy atom. The average molecular weight is 379 g/mol. The van der Waals surface area contributed by atoms with Gasteiger partial charge in [0.2, 0.25) is 0 Å². The number of phenolic OH excluding ortho intramolecular Hbond substituents is 2. The number of hydrogen-bond donors (Lipinski definition) is 2. The van der Waals surface area contributed by atoms with E-state index in [4.69, 9.17) is 0 Å². The van der Waals surface area contributed by atoms with Crippen molar-refractivity contribution in [3.8, 4) is 11.5 Å². The van der Waals surface area contributed by atoms with Gasteiger partial charge in [-0.2, -0.15) is 0 Å². The molecule has 2 nitrogen and oxygen atoms in total. The highest BCUT2D eigenvalue weighted by Crippen LogP contribution is 2.42. The lowest BCUT2D eigenvalue weighted by atomic mass is 9.89. The predicted octanol–water partition coefficient (Wildman–Crippen LogP) is 6.82. The van der Waals surface area contributed by atoms with Crippen molar-refractivity contribution in [1.82, 2.24) is 0 Å². The summed E-state index contributed by atoms with van der Waals surface area (Å²) in [6.45, 7) is 4.26. The Labute approximate surface area is 169 Å². The summed E-state index contributed by atoms with van der Waals surface area (Å²) < 4.78 is 0. The van der Waals surface area contributed by atoms with Crippen LogP contribution in [0.2, 0.25) is 0 Å². The van der Waals surface area contributed by atoms with Crippen LogP contribution in [0.5, 0.6) is 11.5 Å². The fourth-order valence-corrected chi connectivity index (χ4v) is 5.51. The molecule has 0 radical (unpaired) electrons. The molecule has 0 atom stereocenters. The van der Waals surface area contributed by atoms with E-state index in [1.807, 2.05) is 0 Å². The first-order valence-corrected chi connectivity index (χ1v) is 11.2. The Hall–Kier alpha value is -1.96. The molecule has 2 saturated carbocycles. The third kappa shape index (κ3) is 3.92. The van der Waals surface area contributed by atoms with E-state index < -0.39 is 0 Å². The zero-order chi connectivity index (χ0) is 19.7. The summed E-state index contributed by atoms with van der Waals surface area (Å²) >= 11 is 0. The maximum absolute atomic E-state index is 10.9. The lowest BCUT2D eigenvalue weighted by Crippen LogP contribution is -2.02. The van der Waals surface area contributed by atoms with Crippen molar-refractivity contribution in [2.45, 2.75) is 89.9 Å². The first-order chi connectivity index (χ1) is 13.5. The summed E-state index contributed by atoms with van der Waals surface area (Å²) in [7, 11) is 0. The summed E-state index contributed by atoms with van der Waals surface area (Å²) in [5.41, 5.74) is 6.82. The van der Waals surface area contributed by atoms with E-state index in [1.165, 1.54) is 62.5 Å². The summed E-state index contributed by atoms with van der Waals surface area (Å²) in [4.78, 5) is 0. The molecule has 2 heteroatoms. The topological polar surface area (TPSA) is 40.5 Å². The van der Waals surface area contributed by atoms with Crippen molar-refractivity contribution in [2.75, 3.05) is 0 Å². The quantitative estimate of drug-likeness (QED) is 0.599. The van der Waals surface area contributed by atoms with Crippen LogP contribution in [-0.2, 0) is 12.8 Å². The molecule has 0 bridgehead atoms. The van der Waals surface area contributed by atoms with Gasteiger partial charge in [-0.05, 0) is 86.5 Å². The number of aromatic hydroxyl groups is 2. The van der Waals surface area contributed by atoms with Gasteiger partial charge in [0.25, 0.3) is 0 Å². The van der Waals surface area contributed by atoms with Crippen LogP contribution in [0.15, 0.2) is 24.3 Å². The van der Waals surface area contributed by atoms with Gasteiger partial charge in [0.1, 0.15) is 11.5 Å². The van der Waals surface area contributed by atoms with Gasteiger partial charge in [0.05, 0.1) is 0 Å². The molecular formula is C26H34O2. The molecule has 0 heterocycles. The average Bonchev–Trinajstić information content (AvgIpc) is 3.38. The van der Waals surface area contributed by atoms with Gasteiger partial charge >= 0.3 is 0 Å². The maximum Gasteiger partial charge on any atom is 0.122 e. The highest BCUT2D eigenvalue weighted by atomic mass is 16.3. The summed E-state index contributed by atoms with van der Waals surface area (Å²) in [5.74, 6) is 2.03. The molecule has 28 heavy (non-hydrogen) atoms. The molecule has 2 fully saturated rings. The molecule has 150 valence electrons. The Balaban J connectivity index is 1.58. The monoisotopic (exact) mass is 378 g/mol. The zero-order valence-electron chi connectivity index (χ0n) is 17.4. The number of aryl methyl sites for hydroxylation is 4. The molecular weight excluding hydrogens is 344 g/mol. The second-order valence-corrected chi connectivity index (χ2v) is 9.19. The van der Waals surface area contributed by atoms with Crippen molar-refractivity contribution >= 4 is 0 Å². The number of benzene rings is 2. The predicted molar refractivity (Wildman–Crippen MR) is 116 cm³/mol. The van der Waals surface area contributed by atoms with Crippen molar-refractivity contribution in [3.05, 3.63) is 57.6 Å². The van der Waals surface area contributed by atoms with Crippen molar-refractivity contribution in [2.24, 2.45) is 0 Å². The highest BCUT2D eigenvalue weighted by molar-refractivity contribution is 5.48. The SMILES string of the molecule is Cc1cc(CCc2cc(C)cc(C3CCCC3)c2O)c(O)c(C2CCCC2)c1. The molecule has 4 rings (SSSR count). The molecule has 2 N–H and O–H groups in total. The third-order valence-corrected chi connectivity index (χ3v) is 6.98. The molecule has 2 aromatic carbocycles. The van der Waals surface area contributed by atoms with Crippen LogP contribution in [-0.4, -0.2) is 10.2 Å². The van der Waals surface area contributed by atoms with Crippen molar-refractivity contribution < 1.29 is 10.2 Å². The summed E-state index contributed by atoms with van der Waals surface area (Å²) in [6.07, 6.45) is 11.4. The third-order valence-electron chi connectivity index (χ3n) is 6.98. The van der Waals surface area contributed by atoms with Crippen molar-refractivity contribution in [3.63, 3.8) is 0 Å². The van der Waals surface area contributed by atoms with E-state index in [9.17, 15) is 10.2 Å². The van der Waals surface area contributed by atoms with E-state index in [0.717, 1.165) is 35.1 Å². The minimum atomic E-state index is 0.501. The minimum absolute atomic E-state index is 0.501. The largest absolute Gasteiger partial charge is 0.507 e. The number of phenols is 2. The molecule has 0 unspecified atom stereocenters. The lowest BCUT2D eigenvalue weighted by Gasteiger charge is -2.18. The van der Waals surface area contributed by atoms with Gasteiger partial charge in [0.15, 0.2) is 0 Å². The van der Waals surface area contributed by atoms with Crippen LogP contribution >= 0.6 is 0 Å². The normalized spacial score (nSPS) is 18.2. The van der Waals surface area contributed by atoms with Gasteiger partial charge in [-0.1, -0.05) is 61.1 Å². The fourth-order valence-electron chi connectivity index (χ4n) is 5.51.